The molecule has 0 heterocycles. The molecule has 144 valence electrons. The number of carbonyl (C=O) groups is 1. The molecule has 6 heteroatoms. The van der Waals surface area contributed by atoms with Crippen molar-refractivity contribution < 1.29 is 13.2 Å². The van der Waals surface area contributed by atoms with Gasteiger partial charge in [0.1, 0.15) is 0 Å². The van der Waals surface area contributed by atoms with Gasteiger partial charge in [-0.3, -0.25) is 4.79 Å². The Labute approximate surface area is 161 Å². The first-order valence-electron chi connectivity index (χ1n) is 9.39. The molecule has 0 spiro atoms. The number of carbonyl (C=O) groups excluding carboxylic acids is 1. The van der Waals surface area contributed by atoms with Gasteiger partial charge in [0.2, 0.25) is 15.9 Å². The van der Waals surface area contributed by atoms with Crippen LogP contribution in [0.25, 0.3) is 0 Å². The van der Waals surface area contributed by atoms with Crippen molar-refractivity contribution in [2.45, 2.75) is 44.4 Å². The minimum Gasteiger partial charge on any atom is -0.325 e. The van der Waals surface area contributed by atoms with E-state index >= 15 is 0 Å². The van der Waals surface area contributed by atoms with E-state index in [1.807, 2.05) is 44.2 Å². The third-order valence-corrected chi connectivity index (χ3v) is 6.76. The lowest BCUT2D eigenvalue weighted by Gasteiger charge is -2.22. The SMILES string of the molecule is CCCN(CC(=O)Nc1ccccc1C)S(=O)(=O)c1ccc2c(c1)CCC2. The molecule has 0 aromatic heterocycles. The topological polar surface area (TPSA) is 66.5 Å². The van der Waals surface area contributed by atoms with Crippen LogP contribution in [0.1, 0.15) is 36.5 Å². The second-order valence-corrected chi connectivity index (χ2v) is 8.92. The Morgan fingerprint density at radius 1 is 1.11 bits per heavy atom. The van der Waals surface area contributed by atoms with Crippen molar-refractivity contribution in [3.63, 3.8) is 0 Å². The molecule has 1 amide bonds. The predicted molar refractivity (Wildman–Crippen MR) is 107 cm³/mol. The van der Waals surface area contributed by atoms with Gasteiger partial charge in [-0.05, 0) is 67.5 Å². The van der Waals surface area contributed by atoms with Crippen LogP contribution in [0.5, 0.6) is 0 Å². The van der Waals surface area contributed by atoms with Gasteiger partial charge < -0.3 is 5.32 Å². The Hall–Kier alpha value is -2.18. The van der Waals surface area contributed by atoms with Crippen molar-refractivity contribution in [1.29, 1.82) is 0 Å². The highest BCUT2D eigenvalue weighted by Crippen LogP contribution is 2.26. The molecule has 27 heavy (non-hydrogen) atoms. The highest BCUT2D eigenvalue weighted by molar-refractivity contribution is 7.89. The molecule has 1 N–H and O–H groups in total. The number of hydrogen-bond acceptors (Lipinski definition) is 3. The number of sulfonamides is 1. The van der Waals surface area contributed by atoms with Crippen molar-refractivity contribution in [3.8, 4) is 0 Å². The van der Waals surface area contributed by atoms with E-state index in [-0.39, 0.29) is 17.3 Å². The lowest BCUT2D eigenvalue weighted by atomic mass is 10.1. The maximum atomic E-state index is 13.1. The Kier molecular flexibility index (Phi) is 5.97. The van der Waals surface area contributed by atoms with Gasteiger partial charge in [-0.2, -0.15) is 4.31 Å². The number of para-hydroxylation sites is 1. The van der Waals surface area contributed by atoms with Crippen LogP contribution in [0.15, 0.2) is 47.4 Å². The summed E-state index contributed by atoms with van der Waals surface area (Å²) in [5, 5.41) is 2.82. The van der Waals surface area contributed by atoms with Crippen LogP contribution < -0.4 is 5.32 Å². The maximum absolute atomic E-state index is 13.1. The van der Waals surface area contributed by atoms with E-state index < -0.39 is 10.0 Å². The molecular formula is C21H26N2O3S. The van der Waals surface area contributed by atoms with Crippen molar-refractivity contribution in [1.82, 2.24) is 4.31 Å². The van der Waals surface area contributed by atoms with Crippen LogP contribution in [0.4, 0.5) is 5.69 Å². The molecule has 2 aromatic carbocycles. The average Bonchev–Trinajstić information content (AvgIpc) is 3.11. The fraction of sp³-hybridized carbons (Fsp3) is 0.381. The van der Waals surface area contributed by atoms with Gasteiger partial charge in [0, 0.05) is 12.2 Å². The number of amides is 1. The van der Waals surface area contributed by atoms with E-state index in [2.05, 4.69) is 5.32 Å². The number of benzene rings is 2. The molecule has 2 aromatic rings. The van der Waals surface area contributed by atoms with Crippen molar-refractivity contribution in [3.05, 3.63) is 59.2 Å². The summed E-state index contributed by atoms with van der Waals surface area (Å²) >= 11 is 0. The molecular weight excluding hydrogens is 360 g/mol. The zero-order valence-electron chi connectivity index (χ0n) is 15.9. The fourth-order valence-corrected chi connectivity index (χ4v) is 4.99. The zero-order valence-corrected chi connectivity index (χ0v) is 16.7. The Morgan fingerprint density at radius 2 is 1.85 bits per heavy atom. The van der Waals surface area contributed by atoms with Gasteiger partial charge in [0.25, 0.3) is 0 Å². The first-order valence-corrected chi connectivity index (χ1v) is 10.8. The smallest absolute Gasteiger partial charge is 0.243 e. The number of aryl methyl sites for hydroxylation is 3. The summed E-state index contributed by atoms with van der Waals surface area (Å²) in [7, 11) is -3.71. The third-order valence-electron chi connectivity index (χ3n) is 4.92. The summed E-state index contributed by atoms with van der Waals surface area (Å²) in [6.45, 7) is 3.92. The van der Waals surface area contributed by atoms with E-state index in [0.29, 0.717) is 18.7 Å². The molecule has 0 fully saturated rings. The maximum Gasteiger partial charge on any atom is 0.243 e. The molecule has 1 aliphatic rings. The molecule has 0 unspecified atom stereocenters. The monoisotopic (exact) mass is 386 g/mol. The lowest BCUT2D eigenvalue weighted by Crippen LogP contribution is -2.38. The number of fused-ring (bicyclic) bond motifs is 1. The van der Waals surface area contributed by atoms with Crippen LogP contribution >= 0.6 is 0 Å². The minimum absolute atomic E-state index is 0.193. The van der Waals surface area contributed by atoms with Crippen LogP contribution in [0, 0.1) is 6.92 Å². The highest BCUT2D eigenvalue weighted by Gasteiger charge is 2.27. The normalized spacial score (nSPS) is 13.6. The first kappa shape index (κ1) is 19.6. The van der Waals surface area contributed by atoms with E-state index in [0.717, 1.165) is 30.4 Å². The summed E-state index contributed by atoms with van der Waals surface area (Å²) in [6, 6.07) is 12.8. The molecule has 0 atom stereocenters. The second-order valence-electron chi connectivity index (χ2n) is 6.99. The van der Waals surface area contributed by atoms with Gasteiger partial charge in [0.15, 0.2) is 0 Å². The average molecular weight is 387 g/mol. The van der Waals surface area contributed by atoms with Crippen molar-refractivity contribution in [2.75, 3.05) is 18.4 Å². The molecule has 0 aliphatic heterocycles. The Balaban J connectivity index is 1.79. The van der Waals surface area contributed by atoms with Gasteiger partial charge in [-0.15, -0.1) is 0 Å². The molecule has 0 saturated carbocycles. The zero-order chi connectivity index (χ0) is 19.4. The number of hydrogen-bond donors (Lipinski definition) is 1. The van der Waals surface area contributed by atoms with Gasteiger partial charge in [-0.25, -0.2) is 8.42 Å². The summed E-state index contributed by atoms with van der Waals surface area (Å²) in [4.78, 5) is 12.8. The Morgan fingerprint density at radius 3 is 2.59 bits per heavy atom. The minimum atomic E-state index is -3.71. The van der Waals surface area contributed by atoms with E-state index in [4.69, 9.17) is 0 Å². The summed E-state index contributed by atoms with van der Waals surface area (Å²) < 4.78 is 27.5. The number of rotatable bonds is 7. The number of nitrogens with one attached hydrogen (secondary N) is 1. The van der Waals surface area contributed by atoms with Gasteiger partial charge in [-0.1, -0.05) is 31.2 Å². The number of anilines is 1. The van der Waals surface area contributed by atoms with Crippen LogP contribution in [0.2, 0.25) is 0 Å². The number of nitrogens with zero attached hydrogens (tertiary/aromatic N) is 1. The summed E-state index contributed by atoms with van der Waals surface area (Å²) in [5.41, 5.74) is 3.98. The first-order chi connectivity index (χ1) is 12.9. The van der Waals surface area contributed by atoms with Gasteiger partial charge in [0.05, 0.1) is 11.4 Å². The predicted octanol–water partition coefficient (Wildman–Crippen LogP) is 3.52. The van der Waals surface area contributed by atoms with Crippen molar-refractivity contribution >= 4 is 21.6 Å². The lowest BCUT2D eigenvalue weighted by molar-refractivity contribution is -0.116. The molecule has 3 rings (SSSR count). The third kappa shape index (κ3) is 4.39. The van der Waals surface area contributed by atoms with Crippen LogP contribution in [-0.4, -0.2) is 31.7 Å². The van der Waals surface area contributed by atoms with E-state index in [1.54, 1.807) is 12.1 Å². The molecule has 1 aliphatic carbocycles. The molecule has 5 nitrogen and oxygen atoms in total. The summed E-state index contributed by atoms with van der Waals surface area (Å²) in [6.07, 6.45) is 3.63. The fourth-order valence-electron chi connectivity index (χ4n) is 3.45. The van der Waals surface area contributed by atoms with Crippen LogP contribution in [0.3, 0.4) is 0 Å². The highest BCUT2D eigenvalue weighted by atomic mass is 32.2. The summed E-state index contributed by atoms with van der Waals surface area (Å²) in [5.74, 6) is -0.331. The second kappa shape index (κ2) is 8.23. The quantitative estimate of drug-likeness (QED) is 0.792. The largest absolute Gasteiger partial charge is 0.325 e. The standard InChI is InChI=1S/C21H26N2O3S/c1-3-13-23(15-21(24)22-20-10-5-4-7-16(20)2)27(25,26)19-12-11-17-8-6-9-18(17)14-19/h4-5,7,10-12,14H,3,6,8-9,13,15H2,1-2H3,(H,22,24). The van der Waals surface area contributed by atoms with E-state index in [9.17, 15) is 13.2 Å². The molecule has 0 radical (unpaired) electrons. The van der Waals surface area contributed by atoms with E-state index in [1.165, 1.54) is 9.87 Å². The molecule has 0 bridgehead atoms. The van der Waals surface area contributed by atoms with Crippen molar-refractivity contribution in [2.24, 2.45) is 0 Å². The Bertz CT molecular complexity index is 938. The molecule has 0 saturated heterocycles. The van der Waals surface area contributed by atoms with Crippen LogP contribution in [-0.2, 0) is 27.7 Å². The van der Waals surface area contributed by atoms with Gasteiger partial charge >= 0.3 is 0 Å².